The molecule has 182 valence electrons. The summed E-state index contributed by atoms with van der Waals surface area (Å²) in [6, 6.07) is 18.1. The summed E-state index contributed by atoms with van der Waals surface area (Å²) in [6.45, 7) is 8.35. The predicted molar refractivity (Wildman–Crippen MR) is 140 cm³/mol. The van der Waals surface area contributed by atoms with Crippen LogP contribution in [0.5, 0.6) is 5.75 Å². The number of benzene rings is 2. The molecule has 6 nitrogen and oxygen atoms in total. The van der Waals surface area contributed by atoms with E-state index < -0.39 is 0 Å². The van der Waals surface area contributed by atoms with Crippen molar-refractivity contribution in [3.8, 4) is 11.4 Å². The number of ether oxygens (including phenoxy) is 2. The average Bonchev–Trinajstić information content (AvgIpc) is 3.58. The van der Waals surface area contributed by atoms with Gasteiger partial charge >= 0.3 is 0 Å². The van der Waals surface area contributed by atoms with E-state index in [9.17, 15) is 4.79 Å². The number of rotatable bonds is 9. The highest BCUT2D eigenvalue weighted by atomic mass is 32.2. The summed E-state index contributed by atoms with van der Waals surface area (Å²) in [5, 5.41) is 0.803. The highest BCUT2D eigenvalue weighted by Crippen LogP contribution is 2.30. The maximum absolute atomic E-state index is 13.3. The van der Waals surface area contributed by atoms with E-state index in [4.69, 9.17) is 14.5 Å². The zero-order chi connectivity index (χ0) is 24.4. The van der Waals surface area contributed by atoms with Crippen LogP contribution in [0, 0.1) is 13.8 Å². The molecule has 1 saturated heterocycles. The Morgan fingerprint density at radius 1 is 1.17 bits per heavy atom. The van der Waals surface area contributed by atoms with E-state index in [1.807, 2.05) is 62.4 Å². The number of hydrogen-bond donors (Lipinski definition) is 0. The van der Waals surface area contributed by atoms with Gasteiger partial charge < -0.3 is 14.0 Å². The van der Waals surface area contributed by atoms with Crippen molar-refractivity contribution in [1.82, 2.24) is 14.1 Å². The second-order valence-corrected chi connectivity index (χ2v) is 9.83. The number of Topliss-reactive ketones (excluding diaryl/α,β-unsaturated/α-hetero) is 1. The number of hydrogen-bond acceptors (Lipinski definition) is 5. The maximum atomic E-state index is 13.3. The summed E-state index contributed by atoms with van der Waals surface area (Å²) in [7, 11) is 0. The molecule has 2 aromatic heterocycles. The van der Waals surface area contributed by atoms with Crippen LogP contribution in [0.15, 0.2) is 59.8 Å². The highest BCUT2D eigenvalue weighted by molar-refractivity contribution is 7.99. The van der Waals surface area contributed by atoms with Crippen LogP contribution in [-0.2, 0) is 11.3 Å². The number of fused-ring (bicyclic) bond motifs is 1. The van der Waals surface area contributed by atoms with Crippen LogP contribution < -0.4 is 4.74 Å². The largest absolute Gasteiger partial charge is 0.494 e. The minimum Gasteiger partial charge on any atom is -0.494 e. The van der Waals surface area contributed by atoms with Gasteiger partial charge in [0.25, 0.3) is 0 Å². The Bertz CT molecular complexity index is 1330. The van der Waals surface area contributed by atoms with Crippen LogP contribution in [0.3, 0.4) is 0 Å². The molecule has 7 heteroatoms. The molecule has 0 aliphatic carbocycles. The summed E-state index contributed by atoms with van der Waals surface area (Å²) < 4.78 is 15.8. The van der Waals surface area contributed by atoms with Crippen molar-refractivity contribution in [3.05, 3.63) is 71.5 Å². The Kier molecular flexibility index (Phi) is 6.97. The zero-order valence-corrected chi connectivity index (χ0v) is 21.3. The van der Waals surface area contributed by atoms with Crippen molar-refractivity contribution in [2.45, 2.75) is 51.4 Å². The molecule has 4 aromatic rings. The summed E-state index contributed by atoms with van der Waals surface area (Å²) in [6.07, 6.45) is 2.44. The number of para-hydroxylation sites is 2. The summed E-state index contributed by atoms with van der Waals surface area (Å²) in [4.78, 5) is 18.1. The van der Waals surface area contributed by atoms with E-state index in [0.29, 0.717) is 12.4 Å². The lowest BCUT2D eigenvalue weighted by Crippen LogP contribution is -2.17. The fourth-order valence-corrected chi connectivity index (χ4v) is 5.68. The fraction of sp³-hybridized carbons (Fsp3) is 0.357. The molecule has 1 aliphatic rings. The topological polar surface area (TPSA) is 58.3 Å². The van der Waals surface area contributed by atoms with Gasteiger partial charge in [0.05, 0.1) is 29.5 Å². The first-order valence-electron chi connectivity index (χ1n) is 12.2. The molecular formula is C28H31N3O3S. The molecule has 0 radical (unpaired) electrons. The van der Waals surface area contributed by atoms with Crippen LogP contribution in [0.4, 0.5) is 0 Å². The van der Waals surface area contributed by atoms with Gasteiger partial charge in [0.2, 0.25) is 0 Å². The summed E-state index contributed by atoms with van der Waals surface area (Å²) in [5.41, 5.74) is 5.83. The lowest BCUT2D eigenvalue weighted by Gasteiger charge is -2.14. The molecule has 35 heavy (non-hydrogen) atoms. The number of imidazole rings is 1. The second-order valence-electron chi connectivity index (χ2n) is 8.89. The highest BCUT2D eigenvalue weighted by Gasteiger charge is 2.22. The Hall–Kier alpha value is -3.03. The van der Waals surface area contributed by atoms with Crippen molar-refractivity contribution in [3.63, 3.8) is 0 Å². The van der Waals surface area contributed by atoms with E-state index in [1.165, 1.54) is 11.8 Å². The molecule has 1 atom stereocenters. The lowest BCUT2D eigenvalue weighted by molar-refractivity contribution is 0.0957. The van der Waals surface area contributed by atoms with Crippen LogP contribution in [0.25, 0.3) is 16.7 Å². The smallest absolute Gasteiger partial charge is 0.175 e. The standard InChI is InChI=1S/C28H31N3O3S/c1-4-33-22-13-11-21(12-14-22)31-26-10-6-5-9-25(26)29-28(31)35-18-27(32)24-16-19(2)30(20(24)3)17-23-8-7-15-34-23/h5-6,9-14,16,23H,4,7-8,15,17-18H2,1-3H3/t23-/m0/s1. The molecule has 0 unspecified atom stereocenters. The summed E-state index contributed by atoms with van der Waals surface area (Å²) in [5.74, 6) is 1.28. The van der Waals surface area contributed by atoms with Gasteiger partial charge in [0.15, 0.2) is 10.9 Å². The molecule has 0 N–H and O–H groups in total. The van der Waals surface area contributed by atoms with E-state index >= 15 is 0 Å². The number of nitrogens with zero attached hydrogens (tertiary/aromatic N) is 3. The third kappa shape index (κ3) is 4.88. The number of aryl methyl sites for hydroxylation is 1. The molecule has 0 amide bonds. The molecule has 5 rings (SSSR count). The quantitative estimate of drug-likeness (QED) is 0.213. The molecular weight excluding hydrogens is 458 g/mol. The predicted octanol–water partition coefficient (Wildman–Crippen LogP) is 6.00. The average molecular weight is 490 g/mol. The van der Waals surface area contributed by atoms with E-state index in [1.54, 1.807) is 0 Å². The minimum atomic E-state index is 0.118. The molecule has 0 bridgehead atoms. The van der Waals surface area contributed by atoms with Gasteiger partial charge in [-0.1, -0.05) is 23.9 Å². The second kappa shape index (κ2) is 10.3. The van der Waals surface area contributed by atoms with Crippen LogP contribution >= 0.6 is 11.8 Å². The molecule has 0 saturated carbocycles. The van der Waals surface area contributed by atoms with Gasteiger partial charge in [-0.3, -0.25) is 9.36 Å². The Morgan fingerprint density at radius 3 is 2.71 bits per heavy atom. The third-order valence-corrected chi connectivity index (χ3v) is 7.49. The number of carbonyl (C=O) groups is 1. The first-order valence-corrected chi connectivity index (χ1v) is 13.2. The first-order chi connectivity index (χ1) is 17.0. The zero-order valence-electron chi connectivity index (χ0n) is 20.5. The minimum absolute atomic E-state index is 0.118. The van der Waals surface area contributed by atoms with E-state index in [0.717, 1.165) is 70.6 Å². The maximum Gasteiger partial charge on any atom is 0.175 e. The van der Waals surface area contributed by atoms with Gasteiger partial charge in [0.1, 0.15) is 5.75 Å². The lowest BCUT2D eigenvalue weighted by atomic mass is 10.2. The number of ketones is 1. The van der Waals surface area contributed by atoms with Crippen molar-refractivity contribution < 1.29 is 14.3 Å². The number of carbonyl (C=O) groups excluding carboxylic acids is 1. The SMILES string of the molecule is CCOc1ccc(-n2c(SCC(=O)c3cc(C)n(C[C@@H]4CCCO4)c3C)nc3ccccc32)cc1. The summed E-state index contributed by atoms with van der Waals surface area (Å²) >= 11 is 1.48. The molecule has 3 heterocycles. The number of thioether (sulfide) groups is 1. The van der Waals surface area contributed by atoms with E-state index in [2.05, 4.69) is 22.1 Å². The monoisotopic (exact) mass is 489 g/mol. The first kappa shape index (κ1) is 23.7. The van der Waals surface area contributed by atoms with Gasteiger partial charge in [-0.05, 0) is 76.1 Å². The molecule has 1 fully saturated rings. The van der Waals surface area contributed by atoms with Crippen LogP contribution in [0.1, 0.15) is 41.5 Å². The Morgan fingerprint density at radius 2 is 1.97 bits per heavy atom. The van der Waals surface area contributed by atoms with E-state index in [-0.39, 0.29) is 11.9 Å². The fourth-order valence-electron chi connectivity index (χ4n) is 4.77. The van der Waals surface area contributed by atoms with Gasteiger partial charge in [-0.2, -0.15) is 0 Å². The number of aromatic nitrogens is 3. The Labute approximate surface area is 210 Å². The Balaban J connectivity index is 1.38. The normalized spacial score (nSPS) is 15.7. The van der Waals surface area contributed by atoms with Crippen molar-refractivity contribution >= 4 is 28.6 Å². The van der Waals surface area contributed by atoms with Crippen molar-refractivity contribution in [1.29, 1.82) is 0 Å². The van der Waals surface area contributed by atoms with Gasteiger partial charge in [-0.25, -0.2) is 4.98 Å². The molecule has 0 spiro atoms. The third-order valence-electron chi connectivity index (χ3n) is 6.55. The molecule has 2 aromatic carbocycles. The van der Waals surface area contributed by atoms with Crippen molar-refractivity contribution in [2.75, 3.05) is 19.0 Å². The van der Waals surface area contributed by atoms with Gasteiger partial charge in [0, 0.05) is 35.8 Å². The van der Waals surface area contributed by atoms with Crippen LogP contribution in [0.2, 0.25) is 0 Å². The van der Waals surface area contributed by atoms with Crippen molar-refractivity contribution in [2.24, 2.45) is 0 Å². The van der Waals surface area contributed by atoms with Gasteiger partial charge in [-0.15, -0.1) is 0 Å². The molecule has 1 aliphatic heterocycles. The van der Waals surface area contributed by atoms with Crippen LogP contribution in [-0.4, -0.2) is 45.0 Å².